The van der Waals surface area contributed by atoms with Gasteiger partial charge in [0.15, 0.2) is 0 Å². The third-order valence-electron chi connectivity index (χ3n) is 2.50. The molecule has 0 aliphatic carbocycles. The van der Waals surface area contributed by atoms with E-state index in [0.717, 1.165) is 5.56 Å². The van der Waals surface area contributed by atoms with Gasteiger partial charge in [0.05, 0.1) is 12.3 Å². The van der Waals surface area contributed by atoms with Crippen molar-refractivity contribution in [3.63, 3.8) is 0 Å². The Morgan fingerprint density at radius 2 is 1.95 bits per heavy atom. The lowest BCUT2D eigenvalue weighted by atomic mass is 10.1. The van der Waals surface area contributed by atoms with Crippen LogP contribution in [0.1, 0.15) is 22.8 Å². The normalized spacial score (nSPS) is 10.6. The van der Waals surface area contributed by atoms with Gasteiger partial charge >= 0.3 is 0 Å². The fourth-order valence-corrected chi connectivity index (χ4v) is 2.51. The molecule has 1 amide bonds. The van der Waals surface area contributed by atoms with Crippen LogP contribution in [-0.4, -0.2) is 39.7 Å². The van der Waals surface area contributed by atoms with Crippen LogP contribution in [0.4, 0.5) is 0 Å². The number of hydrogen-bond acceptors (Lipinski definition) is 4. The highest BCUT2D eigenvalue weighted by Gasteiger charge is 2.10. The molecule has 0 aromatic heterocycles. The Morgan fingerprint density at radius 1 is 1.29 bits per heavy atom. The maximum absolute atomic E-state index is 11.8. The van der Waals surface area contributed by atoms with Crippen molar-refractivity contribution in [2.24, 2.45) is 5.73 Å². The number of sulfonamides is 1. The van der Waals surface area contributed by atoms with Crippen molar-refractivity contribution < 1.29 is 13.2 Å². The van der Waals surface area contributed by atoms with E-state index in [1.54, 1.807) is 31.2 Å². The molecule has 1 aromatic rings. The highest BCUT2D eigenvalue weighted by molar-refractivity contribution is 7.89. The number of benzene rings is 1. The summed E-state index contributed by atoms with van der Waals surface area (Å²) in [6.45, 7) is 2.37. The van der Waals surface area contributed by atoms with Crippen LogP contribution in [0.2, 0.25) is 0 Å². The number of nitrogens with one attached hydrogen (secondary N) is 2. The van der Waals surface area contributed by atoms with E-state index >= 15 is 0 Å². The fourth-order valence-electron chi connectivity index (χ4n) is 1.55. The van der Waals surface area contributed by atoms with Gasteiger partial charge in [-0.15, -0.1) is 0 Å². The molecule has 0 fully saturated rings. The molecule has 21 heavy (non-hydrogen) atoms. The Kier molecular flexibility index (Phi) is 6.88. The van der Waals surface area contributed by atoms with Crippen LogP contribution in [0.15, 0.2) is 24.3 Å². The van der Waals surface area contributed by atoms with Gasteiger partial charge in [-0.2, -0.15) is 0 Å². The van der Waals surface area contributed by atoms with Gasteiger partial charge in [-0.25, -0.2) is 13.1 Å². The Hall–Kier alpha value is -1.88. The smallest absolute Gasteiger partial charge is 0.251 e. The number of carbonyl (C=O) groups excluding carboxylic acids is 1. The van der Waals surface area contributed by atoms with Crippen molar-refractivity contribution in [3.05, 3.63) is 35.4 Å². The minimum atomic E-state index is -3.32. The lowest BCUT2D eigenvalue weighted by Crippen LogP contribution is -2.34. The minimum Gasteiger partial charge on any atom is -0.351 e. The Bertz CT molecular complexity index is 628. The summed E-state index contributed by atoms with van der Waals surface area (Å²) >= 11 is 0. The maximum Gasteiger partial charge on any atom is 0.251 e. The summed E-state index contributed by atoms with van der Waals surface area (Å²) in [6, 6.07) is 6.70. The van der Waals surface area contributed by atoms with E-state index in [1.807, 2.05) is 0 Å². The number of rotatable bonds is 6. The summed E-state index contributed by atoms with van der Waals surface area (Å²) < 4.78 is 25.2. The van der Waals surface area contributed by atoms with Crippen molar-refractivity contribution in [2.45, 2.75) is 6.92 Å². The molecular formula is C14H19N3O3S. The summed E-state index contributed by atoms with van der Waals surface area (Å²) in [6.07, 6.45) is 0. The van der Waals surface area contributed by atoms with E-state index in [0.29, 0.717) is 12.1 Å². The minimum absolute atomic E-state index is 0.0584. The highest BCUT2D eigenvalue weighted by atomic mass is 32.2. The van der Waals surface area contributed by atoms with Gasteiger partial charge < -0.3 is 11.1 Å². The van der Waals surface area contributed by atoms with Gasteiger partial charge in [-0.05, 0) is 24.3 Å². The van der Waals surface area contributed by atoms with Gasteiger partial charge in [-0.1, -0.05) is 18.8 Å². The molecule has 7 heteroatoms. The molecule has 114 valence electrons. The van der Waals surface area contributed by atoms with Crippen LogP contribution in [-0.2, 0) is 10.0 Å². The van der Waals surface area contributed by atoms with Gasteiger partial charge in [0.1, 0.15) is 0 Å². The first-order valence-corrected chi connectivity index (χ1v) is 8.18. The molecule has 6 nitrogen and oxygen atoms in total. The lowest BCUT2D eigenvalue weighted by Gasteiger charge is -2.06. The first kappa shape index (κ1) is 17.2. The summed E-state index contributed by atoms with van der Waals surface area (Å²) in [5.41, 5.74) is 6.50. The van der Waals surface area contributed by atoms with Crippen molar-refractivity contribution in [1.82, 2.24) is 10.0 Å². The first-order chi connectivity index (χ1) is 9.98. The largest absolute Gasteiger partial charge is 0.351 e. The zero-order chi connectivity index (χ0) is 15.7. The van der Waals surface area contributed by atoms with Crippen molar-refractivity contribution in [3.8, 4) is 11.8 Å². The predicted molar refractivity (Wildman–Crippen MR) is 82.2 cm³/mol. The third kappa shape index (κ3) is 6.40. The molecule has 1 rings (SSSR count). The van der Waals surface area contributed by atoms with Crippen LogP contribution in [0.25, 0.3) is 0 Å². The molecule has 1 aromatic carbocycles. The third-order valence-corrected chi connectivity index (χ3v) is 3.97. The Labute approximate surface area is 125 Å². The second-order valence-electron chi connectivity index (χ2n) is 4.16. The van der Waals surface area contributed by atoms with Crippen LogP contribution < -0.4 is 15.8 Å². The van der Waals surface area contributed by atoms with Crippen molar-refractivity contribution >= 4 is 15.9 Å². The first-order valence-electron chi connectivity index (χ1n) is 6.53. The van der Waals surface area contributed by atoms with E-state index in [9.17, 15) is 13.2 Å². The lowest BCUT2D eigenvalue weighted by molar-refractivity contribution is 0.0956. The Morgan fingerprint density at radius 3 is 2.52 bits per heavy atom. The summed E-state index contributed by atoms with van der Waals surface area (Å²) in [7, 11) is -3.32. The van der Waals surface area contributed by atoms with E-state index < -0.39 is 10.0 Å². The van der Waals surface area contributed by atoms with Crippen LogP contribution >= 0.6 is 0 Å². The monoisotopic (exact) mass is 309 g/mol. The van der Waals surface area contributed by atoms with Gasteiger partial charge in [0.2, 0.25) is 10.0 Å². The van der Waals surface area contributed by atoms with Crippen LogP contribution in [0, 0.1) is 11.8 Å². The second-order valence-corrected chi connectivity index (χ2v) is 6.08. The van der Waals surface area contributed by atoms with Gasteiger partial charge in [-0.3, -0.25) is 4.79 Å². The SMILES string of the molecule is CCNS(=O)(=O)CCNC(=O)c1ccc(C#CCN)cc1. The van der Waals surface area contributed by atoms with E-state index in [1.165, 1.54) is 0 Å². The quantitative estimate of drug-likeness (QED) is 0.626. The molecule has 0 aliphatic rings. The number of nitrogens with two attached hydrogens (primary N) is 1. The topological polar surface area (TPSA) is 101 Å². The molecule has 0 saturated carbocycles. The zero-order valence-electron chi connectivity index (χ0n) is 11.8. The molecule has 0 spiro atoms. The zero-order valence-corrected chi connectivity index (χ0v) is 12.7. The molecule has 0 radical (unpaired) electrons. The average Bonchev–Trinajstić information content (AvgIpc) is 2.45. The molecule has 0 heterocycles. The molecule has 0 bridgehead atoms. The second kappa shape index (κ2) is 8.42. The fraction of sp³-hybridized carbons (Fsp3) is 0.357. The van der Waals surface area contributed by atoms with Crippen molar-refractivity contribution in [1.29, 1.82) is 0 Å². The van der Waals surface area contributed by atoms with Gasteiger partial charge in [0, 0.05) is 24.2 Å². The molecular weight excluding hydrogens is 290 g/mol. The number of amides is 1. The van der Waals surface area contributed by atoms with E-state index in [-0.39, 0.29) is 24.7 Å². The summed E-state index contributed by atoms with van der Waals surface area (Å²) in [5, 5.41) is 2.56. The molecule has 0 aliphatic heterocycles. The molecule has 0 unspecified atom stereocenters. The molecule has 0 saturated heterocycles. The molecule has 0 atom stereocenters. The van der Waals surface area contributed by atoms with E-state index in [2.05, 4.69) is 21.9 Å². The Balaban J connectivity index is 2.53. The standard InChI is InChI=1S/C14H19N3O3S/c1-2-17-21(19,20)11-10-16-14(18)13-7-5-12(6-8-13)4-3-9-15/h5-8,17H,2,9-11,15H2,1H3,(H,16,18). The van der Waals surface area contributed by atoms with Gasteiger partial charge in [0.25, 0.3) is 5.91 Å². The summed E-state index contributed by atoms with van der Waals surface area (Å²) in [5.74, 6) is 5.11. The van der Waals surface area contributed by atoms with Crippen molar-refractivity contribution in [2.75, 3.05) is 25.4 Å². The number of hydrogen-bond donors (Lipinski definition) is 3. The molecule has 4 N–H and O–H groups in total. The highest BCUT2D eigenvalue weighted by Crippen LogP contribution is 2.03. The predicted octanol–water partition coefficient (Wildman–Crippen LogP) is -0.334. The van der Waals surface area contributed by atoms with E-state index in [4.69, 9.17) is 5.73 Å². The average molecular weight is 309 g/mol. The van der Waals surface area contributed by atoms with Crippen LogP contribution in [0.5, 0.6) is 0 Å². The maximum atomic E-state index is 11.8. The number of carbonyl (C=O) groups is 1. The van der Waals surface area contributed by atoms with Crippen LogP contribution in [0.3, 0.4) is 0 Å². The summed E-state index contributed by atoms with van der Waals surface area (Å²) in [4.78, 5) is 11.8.